The van der Waals surface area contributed by atoms with Gasteiger partial charge in [-0.1, -0.05) is 12.1 Å². The molecule has 3 heterocycles. The van der Waals surface area contributed by atoms with Crippen LogP contribution in [0.25, 0.3) is 28.0 Å². The first-order valence-corrected chi connectivity index (χ1v) is 8.86. The molecule has 0 unspecified atom stereocenters. The van der Waals surface area contributed by atoms with Gasteiger partial charge in [-0.25, -0.2) is 9.97 Å². The Hall–Kier alpha value is -3.00. The Morgan fingerprint density at radius 3 is 2.81 bits per heavy atom. The lowest BCUT2D eigenvalue weighted by molar-refractivity contribution is 0.126. The highest BCUT2D eigenvalue weighted by Crippen LogP contribution is 2.25. The summed E-state index contributed by atoms with van der Waals surface area (Å²) in [6.45, 7) is 0. The minimum Gasteiger partial charge on any atom is -0.393 e. The van der Waals surface area contributed by atoms with E-state index in [1.807, 2.05) is 28.8 Å². The molecule has 4 aromatic rings. The number of aromatic amines is 1. The minimum absolute atomic E-state index is 0.183. The van der Waals surface area contributed by atoms with Crippen LogP contribution in [0.1, 0.15) is 25.7 Å². The Kier molecular flexibility index (Phi) is 3.56. The van der Waals surface area contributed by atoms with Gasteiger partial charge in [-0.15, -0.1) is 0 Å². The number of aliphatic hydroxyl groups is 1. The minimum atomic E-state index is -0.183. The highest BCUT2D eigenvalue weighted by molar-refractivity contribution is 5.84. The van der Waals surface area contributed by atoms with Gasteiger partial charge in [0.15, 0.2) is 17.0 Å². The molecule has 1 fully saturated rings. The lowest BCUT2D eigenvalue weighted by Crippen LogP contribution is -2.29. The zero-order valence-electron chi connectivity index (χ0n) is 14.1. The molecule has 0 bridgehead atoms. The molecule has 1 aromatic carbocycles. The zero-order chi connectivity index (χ0) is 17.5. The predicted molar refractivity (Wildman–Crippen MR) is 98.2 cm³/mol. The van der Waals surface area contributed by atoms with E-state index in [9.17, 15) is 5.11 Å². The Balaban J connectivity index is 1.57. The summed E-state index contributed by atoms with van der Waals surface area (Å²) in [4.78, 5) is 21.2. The molecule has 0 amide bonds. The van der Waals surface area contributed by atoms with Crippen molar-refractivity contribution in [2.75, 3.05) is 5.32 Å². The number of aliphatic hydroxyl groups excluding tert-OH is 1. The summed E-state index contributed by atoms with van der Waals surface area (Å²) in [5.41, 5.74) is 3.27. The van der Waals surface area contributed by atoms with Gasteiger partial charge in [-0.05, 0) is 37.8 Å². The third kappa shape index (κ3) is 2.59. The first-order valence-electron chi connectivity index (χ1n) is 8.86. The van der Waals surface area contributed by atoms with Crippen LogP contribution in [0.5, 0.6) is 0 Å². The molecule has 0 saturated heterocycles. The fourth-order valence-electron chi connectivity index (χ4n) is 3.58. The summed E-state index contributed by atoms with van der Waals surface area (Å²) in [6, 6.07) is 8.20. The Morgan fingerprint density at radius 1 is 1.08 bits per heavy atom. The lowest BCUT2D eigenvalue weighted by Gasteiger charge is -2.26. The first kappa shape index (κ1) is 15.3. The summed E-state index contributed by atoms with van der Waals surface area (Å²) in [6.07, 6.45) is 6.65. The van der Waals surface area contributed by atoms with Crippen LogP contribution in [0.15, 0.2) is 36.9 Å². The number of benzene rings is 1. The molecule has 26 heavy (non-hydrogen) atoms. The van der Waals surface area contributed by atoms with Crippen LogP contribution in [0.4, 0.5) is 5.95 Å². The number of hydrogen-bond donors (Lipinski definition) is 3. The van der Waals surface area contributed by atoms with Gasteiger partial charge in [0.2, 0.25) is 5.95 Å². The smallest absolute Gasteiger partial charge is 0.227 e. The van der Waals surface area contributed by atoms with Gasteiger partial charge >= 0.3 is 0 Å². The molecule has 3 N–H and O–H groups in total. The fourth-order valence-corrected chi connectivity index (χ4v) is 3.58. The van der Waals surface area contributed by atoms with E-state index in [2.05, 4.69) is 25.3 Å². The second-order valence-corrected chi connectivity index (χ2v) is 6.72. The van der Waals surface area contributed by atoms with Crippen LogP contribution in [0.2, 0.25) is 0 Å². The fraction of sp³-hybridized carbons (Fsp3) is 0.333. The number of nitrogens with zero attached hydrogens (tertiary/aromatic N) is 5. The van der Waals surface area contributed by atoms with Crippen LogP contribution >= 0.6 is 0 Å². The summed E-state index contributed by atoms with van der Waals surface area (Å²) < 4.78 is 1.94. The SMILES string of the molecule is O[C@H]1CC[C@H](Nc2nc(-n3cnc4ccccc43)c3nc[nH]c3n2)CC1. The molecule has 1 aliphatic rings. The average Bonchev–Trinajstić information content (AvgIpc) is 3.30. The van der Waals surface area contributed by atoms with Crippen LogP contribution < -0.4 is 5.32 Å². The maximum Gasteiger partial charge on any atom is 0.227 e. The van der Waals surface area contributed by atoms with E-state index in [1.165, 1.54) is 0 Å². The molecule has 8 nitrogen and oxygen atoms in total. The van der Waals surface area contributed by atoms with Crippen molar-refractivity contribution in [1.29, 1.82) is 0 Å². The zero-order valence-corrected chi connectivity index (χ0v) is 14.1. The number of H-pyrrole nitrogens is 1. The van der Waals surface area contributed by atoms with E-state index < -0.39 is 0 Å². The molecule has 5 rings (SSSR count). The van der Waals surface area contributed by atoms with E-state index in [0.29, 0.717) is 22.9 Å². The molecular weight excluding hydrogens is 330 g/mol. The number of fused-ring (bicyclic) bond motifs is 2. The average molecular weight is 349 g/mol. The van der Waals surface area contributed by atoms with Crippen molar-refractivity contribution in [2.24, 2.45) is 0 Å². The number of hydrogen-bond acceptors (Lipinski definition) is 6. The van der Waals surface area contributed by atoms with Crippen molar-refractivity contribution in [1.82, 2.24) is 29.5 Å². The van der Waals surface area contributed by atoms with Crippen molar-refractivity contribution >= 4 is 28.1 Å². The number of nitrogens with one attached hydrogen (secondary N) is 2. The van der Waals surface area contributed by atoms with Gasteiger partial charge in [0, 0.05) is 6.04 Å². The van der Waals surface area contributed by atoms with Gasteiger partial charge in [0.05, 0.1) is 23.5 Å². The van der Waals surface area contributed by atoms with E-state index >= 15 is 0 Å². The van der Waals surface area contributed by atoms with Crippen molar-refractivity contribution in [2.45, 2.75) is 37.8 Å². The molecule has 3 aromatic heterocycles. The number of para-hydroxylation sites is 2. The van der Waals surface area contributed by atoms with Gasteiger partial charge in [-0.3, -0.25) is 4.57 Å². The summed E-state index contributed by atoms with van der Waals surface area (Å²) in [5, 5.41) is 13.1. The van der Waals surface area contributed by atoms with Crippen molar-refractivity contribution in [3.05, 3.63) is 36.9 Å². The van der Waals surface area contributed by atoms with Gasteiger partial charge < -0.3 is 15.4 Å². The van der Waals surface area contributed by atoms with Gasteiger partial charge in [-0.2, -0.15) is 9.97 Å². The molecule has 132 valence electrons. The van der Waals surface area contributed by atoms with Crippen molar-refractivity contribution < 1.29 is 5.11 Å². The number of anilines is 1. The van der Waals surface area contributed by atoms with E-state index in [-0.39, 0.29) is 12.1 Å². The lowest BCUT2D eigenvalue weighted by atomic mass is 9.93. The van der Waals surface area contributed by atoms with Gasteiger partial charge in [0.25, 0.3) is 0 Å². The number of rotatable bonds is 3. The molecule has 1 saturated carbocycles. The number of imidazole rings is 2. The molecule has 8 heteroatoms. The quantitative estimate of drug-likeness (QED) is 0.525. The molecule has 0 aliphatic heterocycles. The summed E-state index contributed by atoms with van der Waals surface area (Å²) >= 11 is 0. The van der Waals surface area contributed by atoms with E-state index in [0.717, 1.165) is 36.7 Å². The summed E-state index contributed by atoms with van der Waals surface area (Å²) in [5.74, 6) is 1.26. The maximum absolute atomic E-state index is 9.69. The third-order valence-electron chi connectivity index (χ3n) is 4.97. The highest BCUT2D eigenvalue weighted by Gasteiger charge is 2.21. The molecule has 0 radical (unpaired) electrons. The largest absolute Gasteiger partial charge is 0.393 e. The standard InChI is InChI=1S/C18H19N7O/c26-12-7-5-11(6-8-12)22-18-23-16-15(19-9-20-16)17(24-18)25-10-21-13-3-1-2-4-14(13)25/h1-4,9-12,26H,5-8H2,(H2,19,20,22,23,24)/t11-,12-. The van der Waals surface area contributed by atoms with Crippen LogP contribution in [0.3, 0.4) is 0 Å². The van der Waals surface area contributed by atoms with Crippen LogP contribution in [-0.4, -0.2) is 46.7 Å². The third-order valence-corrected chi connectivity index (χ3v) is 4.97. The molecule has 1 aliphatic carbocycles. The normalized spacial score (nSPS) is 20.7. The summed E-state index contributed by atoms with van der Waals surface area (Å²) in [7, 11) is 0. The Labute approximate surface area is 149 Å². The van der Waals surface area contributed by atoms with Gasteiger partial charge in [0.1, 0.15) is 6.33 Å². The monoisotopic (exact) mass is 349 g/mol. The predicted octanol–water partition coefficient (Wildman–Crippen LogP) is 2.41. The second kappa shape index (κ2) is 6.06. The Morgan fingerprint density at radius 2 is 1.92 bits per heavy atom. The number of aromatic nitrogens is 6. The molecule has 0 atom stereocenters. The maximum atomic E-state index is 9.69. The van der Waals surface area contributed by atoms with Crippen molar-refractivity contribution in [3.8, 4) is 5.82 Å². The second-order valence-electron chi connectivity index (χ2n) is 6.72. The topological polar surface area (TPSA) is 105 Å². The van der Waals surface area contributed by atoms with E-state index in [1.54, 1.807) is 12.7 Å². The molecule has 0 spiro atoms. The first-order chi connectivity index (χ1) is 12.8. The van der Waals surface area contributed by atoms with E-state index in [4.69, 9.17) is 4.98 Å². The molecular formula is C18H19N7O. The van der Waals surface area contributed by atoms with Crippen LogP contribution in [-0.2, 0) is 0 Å². The Bertz CT molecular complexity index is 1060. The van der Waals surface area contributed by atoms with Crippen molar-refractivity contribution in [3.63, 3.8) is 0 Å². The van der Waals surface area contributed by atoms with Crippen LogP contribution in [0, 0.1) is 0 Å². The highest BCUT2D eigenvalue weighted by atomic mass is 16.3.